The Balaban J connectivity index is 0.000000139. The highest BCUT2D eigenvalue weighted by Crippen LogP contribution is 2.30. The number of benzene rings is 3. The minimum absolute atomic E-state index is 0.191. The molecule has 0 bridgehead atoms. The quantitative estimate of drug-likeness (QED) is 0.160. The van der Waals surface area contributed by atoms with E-state index in [1.54, 1.807) is 88.9 Å². The van der Waals surface area contributed by atoms with E-state index in [0.717, 1.165) is 48.8 Å². The highest BCUT2D eigenvalue weighted by atomic mass is 19.1. The van der Waals surface area contributed by atoms with Crippen LogP contribution in [0.2, 0.25) is 0 Å². The SMILES string of the molecule is Cc1cc(=O)n(-c2ccc(N3CCC(N(C)C)CC3)c(F)c2)c(C)n1.Cc1cc(=O)n(-c2ccc(N3CCc4nc(C)nn4C3)c(F)c2)c(C)n1.Cc1cc(=O)n(-c2ccc(N3CCc4nocc4C3)c(F)c2)c(C)n1. The molecule has 0 radical (unpaired) electrons. The fraction of sp³-hybridized carbons (Fsp3) is 0.364. The zero-order valence-corrected chi connectivity index (χ0v) is 44.2. The second kappa shape index (κ2) is 21.9. The molecule has 0 amide bonds. The van der Waals surface area contributed by atoms with Gasteiger partial charge in [-0.25, -0.2) is 37.8 Å². The zero-order valence-electron chi connectivity index (χ0n) is 44.2. The van der Waals surface area contributed by atoms with Crippen molar-refractivity contribution >= 4 is 17.1 Å². The number of hydrogen-bond acceptors (Lipinski definition) is 14. The summed E-state index contributed by atoms with van der Waals surface area (Å²) in [4.78, 5) is 62.2. The third kappa shape index (κ3) is 11.2. The Bertz CT molecular complexity index is 3630. The molecule has 21 heteroatoms. The van der Waals surface area contributed by atoms with E-state index >= 15 is 0 Å². The van der Waals surface area contributed by atoms with Crippen LogP contribution < -0.4 is 31.4 Å². The van der Waals surface area contributed by atoms with Crippen LogP contribution >= 0.6 is 0 Å². The van der Waals surface area contributed by atoms with Crippen LogP contribution in [0.4, 0.5) is 30.2 Å². The van der Waals surface area contributed by atoms with Gasteiger partial charge in [0.2, 0.25) is 0 Å². The summed E-state index contributed by atoms with van der Waals surface area (Å²) in [5, 5.41) is 8.29. The van der Waals surface area contributed by atoms with E-state index in [1.165, 1.54) is 50.1 Å². The van der Waals surface area contributed by atoms with Gasteiger partial charge in [-0.3, -0.25) is 28.1 Å². The van der Waals surface area contributed by atoms with Crippen molar-refractivity contribution in [2.24, 2.45) is 0 Å². The number of hydrogen-bond donors (Lipinski definition) is 0. The van der Waals surface area contributed by atoms with Crippen LogP contribution in [-0.2, 0) is 26.1 Å². The van der Waals surface area contributed by atoms with Gasteiger partial charge in [-0.1, -0.05) is 5.16 Å². The molecule has 8 heterocycles. The molecule has 0 unspecified atom stereocenters. The van der Waals surface area contributed by atoms with Crippen molar-refractivity contribution in [1.29, 1.82) is 0 Å². The van der Waals surface area contributed by atoms with E-state index in [4.69, 9.17) is 4.52 Å². The van der Waals surface area contributed by atoms with Crippen LogP contribution in [0, 0.1) is 65.9 Å². The summed E-state index contributed by atoms with van der Waals surface area (Å²) in [5.41, 5.74) is 6.28. The van der Waals surface area contributed by atoms with Crippen molar-refractivity contribution in [1.82, 2.24) is 53.5 Å². The largest absolute Gasteiger partial charge is 0.369 e. The van der Waals surface area contributed by atoms with E-state index in [9.17, 15) is 27.6 Å². The molecule has 8 aromatic rings. The predicted molar refractivity (Wildman–Crippen MR) is 284 cm³/mol. The van der Waals surface area contributed by atoms with Gasteiger partial charge in [-0.05, 0) is 112 Å². The van der Waals surface area contributed by atoms with E-state index in [1.807, 2.05) is 16.7 Å². The fourth-order valence-corrected chi connectivity index (χ4v) is 10.3. The van der Waals surface area contributed by atoms with Gasteiger partial charge in [-0.2, -0.15) is 5.10 Å². The highest BCUT2D eigenvalue weighted by molar-refractivity contribution is 5.56. The number of aryl methyl sites for hydroxylation is 7. The van der Waals surface area contributed by atoms with Crippen LogP contribution in [0.1, 0.15) is 70.3 Å². The molecule has 0 spiro atoms. The molecule has 11 rings (SSSR count). The van der Waals surface area contributed by atoms with Crippen molar-refractivity contribution in [2.75, 3.05) is 55.0 Å². The van der Waals surface area contributed by atoms with Gasteiger partial charge in [0.25, 0.3) is 16.7 Å². The summed E-state index contributed by atoms with van der Waals surface area (Å²) in [7, 11) is 4.18. The molecule has 3 aliphatic rings. The van der Waals surface area contributed by atoms with Crippen LogP contribution in [0.25, 0.3) is 17.1 Å². The van der Waals surface area contributed by atoms with Crippen molar-refractivity contribution in [3.8, 4) is 17.1 Å². The Hall–Kier alpha value is -8.20. The van der Waals surface area contributed by atoms with Crippen molar-refractivity contribution in [3.05, 3.63) is 185 Å². The molecule has 76 heavy (non-hydrogen) atoms. The van der Waals surface area contributed by atoms with Crippen LogP contribution in [0.3, 0.4) is 0 Å². The molecule has 18 nitrogen and oxygen atoms in total. The Morgan fingerprint density at radius 3 is 1.45 bits per heavy atom. The molecule has 396 valence electrons. The minimum atomic E-state index is -0.380. The summed E-state index contributed by atoms with van der Waals surface area (Å²) in [5.74, 6) is 2.21. The van der Waals surface area contributed by atoms with Gasteiger partial charge in [0, 0.05) is 111 Å². The molecule has 0 aliphatic carbocycles. The van der Waals surface area contributed by atoms with E-state index in [2.05, 4.69) is 54.1 Å². The van der Waals surface area contributed by atoms with Gasteiger partial charge in [0.05, 0.1) is 39.8 Å². The lowest BCUT2D eigenvalue weighted by atomic mass is 10.0. The lowest BCUT2D eigenvalue weighted by Gasteiger charge is -2.36. The molecule has 0 saturated carbocycles. The Morgan fingerprint density at radius 2 is 1.00 bits per heavy atom. The average Bonchev–Trinajstić information content (AvgIpc) is 3.99. The van der Waals surface area contributed by atoms with Crippen molar-refractivity contribution in [2.45, 2.75) is 93.4 Å². The lowest BCUT2D eigenvalue weighted by molar-refractivity contribution is 0.249. The van der Waals surface area contributed by atoms with Crippen LogP contribution in [-0.4, -0.2) is 99.8 Å². The molecular weight excluding hydrogens is 978 g/mol. The highest BCUT2D eigenvalue weighted by Gasteiger charge is 2.25. The third-order valence-corrected chi connectivity index (χ3v) is 13.9. The first-order valence-corrected chi connectivity index (χ1v) is 25.2. The topological polar surface area (TPSA) is 174 Å². The number of aromatic nitrogens is 10. The second-order valence-corrected chi connectivity index (χ2v) is 19.6. The van der Waals surface area contributed by atoms with Crippen molar-refractivity contribution in [3.63, 3.8) is 0 Å². The van der Waals surface area contributed by atoms with E-state index < -0.39 is 0 Å². The summed E-state index contributed by atoms with van der Waals surface area (Å²) in [6, 6.07) is 19.5. The first-order valence-electron chi connectivity index (χ1n) is 25.2. The van der Waals surface area contributed by atoms with Gasteiger partial charge in [0.1, 0.15) is 59.5 Å². The van der Waals surface area contributed by atoms with Gasteiger partial charge in [-0.15, -0.1) is 0 Å². The Morgan fingerprint density at radius 1 is 0.553 bits per heavy atom. The second-order valence-electron chi connectivity index (χ2n) is 19.6. The first kappa shape index (κ1) is 52.7. The van der Waals surface area contributed by atoms with Crippen LogP contribution in [0.15, 0.2) is 98.0 Å². The number of fused-ring (bicyclic) bond motifs is 2. The number of anilines is 3. The molecular formula is C55H61F3N14O4. The number of nitrogens with zero attached hydrogens (tertiary/aromatic N) is 14. The number of rotatable bonds is 7. The monoisotopic (exact) mass is 1040 g/mol. The molecule has 3 aromatic carbocycles. The summed E-state index contributed by atoms with van der Waals surface area (Å²) < 4.78 is 55.3. The van der Waals surface area contributed by atoms with Crippen molar-refractivity contribution < 1.29 is 17.7 Å². The van der Waals surface area contributed by atoms with Gasteiger partial charge in [0.15, 0.2) is 0 Å². The molecule has 1 saturated heterocycles. The molecule has 5 aromatic heterocycles. The molecule has 0 atom stereocenters. The van der Waals surface area contributed by atoms with Crippen LogP contribution in [0.5, 0.6) is 0 Å². The predicted octanol–water partition coefficient (Wildman–Crippen LogP) is 6.97. The maximum Gasteiger partial charge on any atom is 0.258 e. The molecule has 0 N–H and O–H groups in total. The number of piperidine rings is 1. The van der Waals surface area contributed by atoms with E-state index in [0.29, 0.717) is 114 Å². The Kier molecular flexibility index (Phi) is 15.2. The standard InChI is InChI=1S/C19H25FN4O.C18H19FN6O.C18H17FN4O2/c1-13-11-19(25)24(14(2)21-13)16-5-6-18(17(20)12-16)23-9-7-15(8-10-23)22(3)4;1-11-8-18(26)25(13(3)20-11)14-4-5-16(15(19)9-14)23-7-6-17-21-12(2)22-24(17)10-23;1-11-7-18(24)23(12(2)20-11)14-3-4-17(15(19)8-14)22-6-5-16-13(9-22)10-25-21-16/h5-6,11-12,15H,7-10H2,1-4H3;4-5,8-9H,6-7,10H2,1-3H3;3-4,7-8,10H,5-6,9H2,1-2H3. The maximum absolute atomic E-state index is 14.8. The Labute approximate surface area is 437 Å². The van der Waals surface area contributed by atoms with E-state index in [-0.39, 0.29) is 34.1 Å². The third-order valence-electron chi connectivity index (χ3n) is 13.9. The fourth-order valence-electron chi connectivity index (χ4n) is 10.3. The molecule has 3 aliphatic heterocycles. The van der Waals surface area contributed by atoms with Gasteiger partial charge < -0.3 is 24.1 Å². The number of halogens is 3. The lowest BCUT2D eigenvalue weighted by Crippen LogP contribution is -2.42. The summed E-state index contributed by atoms with van der Waals surface area (Å²) >= 11 is 0. The molecule has 1 fully saturated rings. The normalized spacial score (nSPS) is 14.5. The van der Waals surface area contributed by atoms with Gasteiger partial charge >= 0.3 is 0 Å². The first-order chi connectivity index (χ1) is 36.3. The summed E-state index contributed by atoms with van der Waals surface area (Å²) in [6.45, 7) is 16.4. The maximum atomic E-state index is 14.8. The smallest absolute Gasteiger partial charge is 0.258 e. The minimum Gasteiger partial charge on any atom is -0.369 e. The zero-order chi connectivity index (χ0) is 54.1. The summed E-state index contributed by atoms with van der Waals surface area (Å²) in [6.07, 6.45) is 5.08. The average molecular weight is 1040 g/mol.